The Bertz CT molecular complexity index is 2040. The maximum atomic E-state index is 12.9. The minimum Gasteiger partial charge on any atom is -0.462 e. The topological polar surface area (TPSA) is 108 Å². The fourth-order valence-electron chi connectivity index (χ4n) is 13.6. The number of quaternary nitrogens is 1. The average molecular weight is 1480 g/mol. The molecule has 0 amide bonds. The van der Waals surface area contributed by atoms with Crippen LogP contribution < -0.4 is 0 Å². The summed E-state index contributed by atoms with van der Waals surface area (Å²) in [5.74, 6) is -0.775. The number of esters is 2. The molecule has 0 spiro atoms. The third-order valence-electron chi connectivity index (χ3n) is 20.4. The quantitative estimate of drug-likeness (QED) is 0.0211. The van der Waals surface area contributed by atoms with Gasteiger partial charge < -0.3 is 18.9 Å². The molecule has 0 aliphatic heterocycles. The van der Waals surface area contributed by atoms with Crippen LogP contribution in [0.25, 0.3) is 0 Å². The molecule has 0 aliphatic rings. The van der Waals surface area contributed by atoms with Crippen molar-refractivity contribution in [3.05, 3.63) is 85.1 Å². The van der Waals surface area contributed by atoms with E-state index in [2.05, 4.69) is 98.9 Å². The Morgan fingerprint density at radius 1 is 0.308 bits per heavy atom. The van der Waals surface area contributed by atoms with Crippen molar-refractivity contribution in [2.45, 2.75) is 457 Å². The number of phosphoric acid groups is 1. The number of carbonyl (C=O) groups is 2. The van der Waals surface area contributed by atoms with E-state index < -0.39 is 26.5 Å². The number of nitrogens with zero attached hydrogens (tertiary/aromatic N) is 1. The SMILES string of the molecule is CC/C=C\C/C=C\C/C=C\C/C=C\C/C=C\C/C=C\C/C=C\CCCCCCCCCCCCCCCCCCCC(=O)OC(COC(=O)CCCCCCCCCCCCCCCCCCCCCCCCCCCCCCCCCCCCCCCCCCC)COP(=O)(O)OCC[N+](C)(C)C. The van der Waals surface area contributed by atoms with Gasteiger partial charge in [-0.05, 0) is 70.6 Å². The average Bonchev–Trinajstić information content (AvgIpc) is 0.915. The van der Waals surface area contributed by atoms with E-state index in [1.54, 1.807) is 0 Å². The molecule has 2 atom stereocenters. The van der Waals surface area contributed by atoms with E-state index >= 15 is 0 Å². The Hall–Kier alpha value is -2.81. The Balaban J connectivity index is 3.86. The predicted molar refractivity (Wildman–Crippen MR) is 455 cm³/mol. The molecule has 0 fully saturated rings. The lowest BCUT2D eigenvalue weighted by atomic mass is 10.0. The molecule has 0 heterocycles. The lowest BCUT2D eigenvalue weighted by Crippen LogP contribution is -2.37. The minimum atomic E-state index is -4.40. The highest BCUT2D eigenvalue weighted by molar-refractivity contribution is 7.47. The number of allylic oxidation sites excluding steroid dienone is 14. The highest BCUT2D eigenvalue weighted by atomic mass is 31.2. The van der Waals surface area contributed by atoms with Gasteiger partial charge in [0, 0.05) is 12.8 Å². The lowest BCUT2D eigenvalue weighted by molar-refractivity contribution is -0.870. The van der Waals surface area contributed by atoms with E-state index in [1.807, 2.05) is 21.1 Å². The van der Waals surface area contributed by atoms with Crippen molar-refractivity contribution < 1.29 is 42.1 Å². The first kappa shape index (κ1) is 101. The summed E-state index contributed by atoms with van der Waals surface area (Å²) >= 11 is 0. The lowest BCUT2D eigenvalue weighted by Gasteiger charge is -2.24. The molecule has 608 valence electrons. The fourth-order valence-corrected chi connectivity index (χ4v) is 14.3. The van der Waals surface area contributed by atoms with Crippen LogP contribution in [0.3, 0.4) is 0 Å². The van der Waals surface area contributed by atoms with Gasteiger partial charge in [0.15, 0.2) is 6.10 Å². The number of phosphoric ester groups is 1. The molecule has 0 rings (SSSR count). The molecule has 0 saturated heterocycles. The van der Waals surface area contributed by atoms with Crippen LogP contribution in [0.4, 0.5) is 0 Å². The summed E-state index contributed by atoms with van der Waals surface area (Å²) in [7, 11) is 1.50. The van der Waals surface area contributed by atoms with Gasteiger partial charge in [-0.1, -0.05) is 452 Å². The summed E-state index contributed by atoms with van der Waals surface area (Å²) in [6.45, 7) is 4.39. The molecule has 0 aromatic heterocycles. The number of likely N-dealkylation sites (N-methyl/N-ethyl adjacent to an activating group) is 1. The molecule has 0 radical (unpaired) electrons. The maximum absolute atomic E-state index is 12.9. The van der Waals surface area contributed by atoms with Crippen LogP contribution in [0, 0.1) is 0 Å². The van der Waals surface area contributed by atoms with Gasteiger partial charge in [-0.3, -0.25) is 18.6 Å². The molecule has 9 nitrogen and oxygen atoms in total. The molecule has 0 saturated carbocycles. The summed E-state index contributed by atoms with van der Waals surface area (Å²) in [5.41, 5.74) is 0. The van der Waals surface area contributed by atoms with Gasteiger partial charge in [-0.2, -0.15) is 0 Å². The number of hydrogen-bond donors (Lipinski definition) is 1. The van der Waals surface area contributed by atoms with E-state index in [0.717, 1.165) is 77.0 Å². The van der Waals surface area contributed by atoms with Gasteiger partial charge >= 0.3 is 19.8 Å². The summed E-state index contributed by atoms with van der Waals surface area (Å²) in [6.07, 6.45) is 118. The van der Waals surface area contributed by atoms with E-state index in [9.17, 15) is 19.0 Å². The first-order chi connectivity index (χ1) is 51.0. The van der Waals surface area contributed by atoms with Crippen molar-refractivity contribution in [2.75, 3.05) is 47.5 Å². The number of rotatable bonds is 85. The fraction of sp³-hybridized carbons (Fsp3) is 0.830. The summed E-state index contributed by atoms with van der Waals surface area (Å²) in [4.78, 5) is 36.1. The van der Waals surface area contributed by atoms with Crippen LogP contribution in [0.2, 0.25) is 0 Å². The number of ether oxygens (including phenoxy) is 2. The number of hydrogen-bond acceptors (Lipinski definition) is 7. The second-order valence-corrected chi connectivity index (χ2v) is 33.4. The summed E-state index contributed by atoms with van der Waals surface area (Å²) < 4.78 is 34.9. The normalized spacial score (nSPS) is 13.3. The van der Waals surface area contributed by atoms with Crippen LogP contribution in [-0.2, 0) is 32.7 Å². The van der Waals surface area contributed by atoms with E-state index in [-0.39, 0.29) is 25.6 Å². The molecule has 0 bridgehead atoms. The van der Waals surface area contributed by atoms with Gasteiger partial charge in [-0.15, -0.1) is 0 Å². The van der Waals surface area contributed by atoms with Crippen LogP contribution in [0.5, 0.6) is 0 Å². The van der Waals surface area contributed by atoms with E-state index in [0.29, 0.717) is 23.9 Å². The van der Waals surface area contributed by atoms with Crippen molar-refractivity contribution in [3.63, 3.8) is 0 Å². The third kappa shape index (κ3) is 88.1. The molecular weight excluding hydrogens is 1300 g/mol. The Morgan fingerprint density at radius 3 is 0.817 bits per heavy atom. The minimum absolute atomic E-state index is 0.0326. The van der Waals surface area contributed by atoms with Crippen LogP contribution in [-0.4, -0.2) is 74.9 Å². The Labute approximate surface area is 647 Å². The van der Waals surface area contributed by atoms with Gasteiger partial charge in [0.2, 0.25) is 0 Å². The maximum Gasteiger partial charge on any atom is 0.472 e. The monoisotopic (exact) mass is 1480 g/mol. The zero-order valence-corrected chi connectivity index (χ0v) is 70.7. The zero-order valence-electron chi connectivity index (χ0n) is 69.8. The zero-order chi connectivity index (χ0) is 75.4. The molecule has 10 heteroatoms. The summed E-state index contributed by atoms with van der Waals surface area (Å²) in [5, 5.41) is 0. The smallest absolute Gasteiger partial charge is 0.462 e. The molecule has 0 aromatic rings. The van der Waals surface area contributed by atoms with Crippen molar-refractivity contribution in [1.29, 1.82) is 0 Å². The highest BCUT2D eigenvalue weighted by Gasteiger charge is 2.27. The van der Waals surface area contributed by atoms with E-state index in [4.69, 9.17) is 18.5 Å². The highest BCUT2D eigenvalue weighted by Crippen LogP contribution is 2.43. The first-order valence-electron chi connectivity index (χ1n) is 45.3. The molecular formula is C94H175NO8P+. The van der Waals surface area contributed by atoms with Crippen LogP contribution >= 0.6 is 7.82 Å². The predicted octanol–water partition coefficient (Wildman–Crippen LogP) is 30.7. The second-order valence-electron chi connectivity index (χ2n) is 32.0. The van der Waals surface area contributed by atoms with Crippen molar-refractivity contribution in [2.24, 2.45) is 0 Å². The summed E-state index contributed by atoms with van der Waals surface area (Å²) in [6, 6.07) is 0. The molecule has 1 N–H and O–H groups in total. The second kappa shape index (κ2) is 84.2. The van der Waals surface area contributed by atoms with Crippen molar-refractivity contribution in [3.8, 4) is 0 Å². The van der Waals surface area contributed by atoms with Crippen molar-refractivity contribution >= 4 is 19.8 Å². The Morgan fingerprint density at radius 2 is 0.548 bits per heavy atom. The first-order valence-corrected chi connectivity index (χ1v) is 46.8. The van der Waals surface area contributed by atoms with Crippen LogP contribution in [0.15, 0.2) is 85.1 Å². The van der Waals surface area contributed by atoms with Gasteiger partial charge in [-0.25, -0.2) is 4.57 Å². The van der Waals surface area contributed by atoms with E-state index in [1.165, 1.54) is 340 Å². The third-order valence-corrected chi connectivity index (χ3v) is 21.4. The molecule has 104 heavy (non-hydrogen) atoms. The molecule has 0 aromatic carbocycles. The molecule has 2 unspecified atom stereocenters. The van der Waals surface area contributed by atoms with Crippen LogP contribution in [0.1, 0.15) is 450 Å². The van der Waals surface area contributed by atoms with Gasteiger partial charge in [0.05, 0.1) is 27.7 Å². The number of unbranched alkanes of at least 4 members (excludes halogenated alkanes) is 57. The number of carbonyl (C=O) groups excluding carboxylic acids is 2. The van der Waals surface area contributed by atoms with Gasteiger partial charge in [0.1, 0.15) is 19.8 Å². The standard InChI is InChI=1S/C94H174NO8P/c1-6-8-10-12-14-16-18-20-22-24-26-28-30-32-34-36-38-40-42-44-46-47-49-50-52-54-56-58-60-62-64-66-68-70-72-74-76-78-80-82-84-86-93(96)100-90-92(91-102-104(98,99)101-89-88-95(3,4)5)103-94(97)87-85-83-81-79-77-75-73-71-69-67-65-63-61-59-57-55-53-51-48-45-43-41-39-37-35-33-31-29-27-25-23-21-19-17-15-13-11-9-7-2/h9,11,15,17,21,23,27,29,33,35,39,41,45,48,92H,6-8,10,12-14,16,18-20,22,24-26,28,30-32,34,36-38,40,42-44,46-47,49-91H2,1-5H3/p+1/b11-9-,17-15-,23-21-,29-27-,35-33-,41-39-,48-45-. The van der Waals surface area contributed by atoms with Gasteiger partial charge in [0.25, 0.3) is 0 Å². The largest absolute Gasteiger partial charge is 0.472 e. The molecule has 0 aliphatic carbocycles. The van der Waals surface area contributed by atoms with Crippen molar-refractivity contribution in [1.82, 2.24) is 0 Å². The Kier molecular flexibility index (Phi) is 81.9.